The van der Waals surface area contributed by atoms with Gasteiger partial charge < -0.3 is 31.3 Å². The number of amides is 5. The molecule has 244 valence electrons. The van der Waals surface area contributed by atoms with Gasteiger partial charge in [0, 0.05) is 18.4 Å². The van der Waals surface area contributed by atoms with Crippen molar-refractivity contribution in [2.24, 2.45) is 40.7 Å². The predicted octanol–water partition coefficient (Wildman–Crippen LogP) is 1.81. The number of piperidine rings is 1. The molecular weight excluding hydrogens is 566 g/mol. The Labute approximate surface area is 259 Å². The molecule has 5 N–H and O–H groups in total. The maximum atomic E-state index is 14.2. The molecule has 1 saturated heterocycles. The second-order valence-electron chi connectivity index (χ2n) is 14.7. The van der Waals surface area contributed by atoms with Gasteiger partial charge in [-0.1, -0.05) is 58.6 Å². The molecule has 0 aromatic heterocycles. The minimum absolute atomic E-state index is 0.00516. The first-order valence-electron chi connectivity index (χ1n) is 15.9. The number of hydrogen-bond donors (Lipinski definition) is 4. The number of nitrogens with zero attached hydrogens (tertiary/aromatic N) is 1. The van der Waals surface area contributed by atoms with Crippen molar-refractivity contribution in [3.63, 3.8) is 0 Å². The number of rotatable bonds is 13. The molecule has 1 unspecified atom stereocenters. The van der Waals surface area contributed by atoms with Gasteiger partial charge in [-0.15, -0.1) is 0 Å². The number of carbonyl (C=O) groups is 6. The van der Waals surface area contributed by atoms with Crippen LogP contribution < -0.4 is 21.7 Å². The summed E-state index contributed by atoms with van der Waals surface area (Å²) in [6.07, 6.45) is 4.20. The van der Waals surface area contributed by atoms with Crippen LogP contribution in [0.1, 0.15) is 80.6 Å². The monoisotopic (exact) mass is 615 g/mol. The van der Waals surface area contributed by atoms with E-state index < -0.39 is 65.1 Å². The third kappa shape index (κ3) is 7.79. The Bertz CT molecular complexity index is 1230. The van der Waals surface area contributed by atoms with E-state index in [4.69, 9.17) is 10.5 Å². The van der Waals surface area contributed by atoms with Crippen LogP contribution in [0, 0.1) is 35.0 Å². The standard InChI is InChI=1S/C32H49N5O7/c1-15(2)21-19-13-37(24(22(19)21)28(40)34-20(12-17-8-9-17)25(38)27(33)39)29(41)26(32(5,6)7)36-31(43)35-23(16(3)4)30(42)44-14-18-10-11-18/h16-20,22-24,26H,8-14H2,1-7H3,(H2,33,39)(H,34,40)(H2,35,36,43)/t19-,20?,22-,23+,24+,26-/m1/s1. The van der Waals surface area contributed by atoms with Gasteiger partial charge in [-0.3, -0.25) is 19.2 Å². The smallest absolute Gasteiger partial charge is 0.328 e. The largest absolute Gasteiger partial charge is 0.464 e. The van der Waals surface area contributed by atoms with Gasteiger partial charge in [0.25, 0.3) is 5.91 Å². The average Bonchev–Trinajstić information content (AvgIpc) is 3.83. The highest BCUT2D eigenvalue weighted by atomic mass is 16.5. The fourth-order valence-corrected chi connectivity index (χ4v) is 6.25. The van der Waals surface area contributed by atoms with Gasteiger partial charge >= 0.3 is 12.0 Å². The maximum absolute atomic E-state index is 14.2. The molecule has 44 heavy (non-hydrogen) atoms. The van der Waals surface area contributed by atoms with Crippen molar-refractivity contribution in [1.82, 2.24) is 20.9 Å². The maximum Gasteiger partial charge on any atom is 0.328 e. The fraction of sp³-hybridized carbons (Fsp3) is 0.750. The number of fused-ring (bicyclic) bond motifs is 1. The van der Waals surface area contributed by atoms with Gasteiger partial charge in [-0.2, -0.15) is 0 Å². The molecule has 0 aromatic rings. The van der Waals surface area contributed by atoms with Crippen molar-refractivity contribution in [2.75, 3.05) is 13.2 Å². The van der Waals surface area contributed by atoms with E-state index in [9.17, 15) is 28.8 Å². The highest BCUT2D eigenvalue weighted by Crippen LogP contribution is 2.56. The fourth-order valence-electron chi connectivity index (χ4n) is 6.25. The Kier molecular flexibility index (Phi) is 9.80. The average molecular weight is 616 g/mol. The van der Waals surface area contributed by atoms with Crippen LogP contribution in [0.5, 0.6) is 0 Å². The van der Waals surface area contributed by atoms with E-state index in [0.29, 0.717) is 18.9 Å². The van der Waals surface area contributed by atoms with Crippen LogP contribution in [0.2, 0.25) is 0 Å². The van der Waals surface area contributed by atoms with E-state index in [1.54, 1.807) is 13.8 Å². The molecular formula is C32H49N5O7. The first-order chi connectivity index (χ1) is 20.5. The summed E-state index contributed by atoms with van der Waals surface area (Å²) in [6.45, 7) is 13.6. The molecule has 12 heteroatoms. The Morgan fingerprint density at radius 3 is 2.07 bits per heavy atom. The van der Waals surface area contributed by atoms with Crippen LogP contribution in [0.3, 0.4) is 0 Å². The number of carbonyl (C=O) groups excluding carboxylic acids is 6. The number of esters is 1. The molecule has 6 atom stereocenters. The van der Waals surface area contributed by atoms with E-state index in [1.807, 2.05) is 34.6 Å². The summed E-state index contributed by atoms with van der Waals surface area (Å²) in [5.74, 6) is -3.28. The number of nitrogens with two attached hydrogens (primary N) is 1. The molecule has 12 nitrogen and oxygen atoms in total. The van der Waals surface area contributed by atoms with E-state index in [2.05, 4.69) is 16.0 Å². The summed E-state index contributed by atoms with van der Waals surface area (Å²) >= 11 is 0. The van der Waals surface area contributed by atoms with Crippen molar-refractivity contribution in [3.05, 3.63) is 11.1 Å². The molecule has 4 aliphatic rings. The molecule has 4 rings (SSSR count). The second kappa shape index (κ2) is 12.9. The predicted molar refractivity (Wildman–Crippen MR) is 162 cm³/mol. The molecule has 0 spiro atoms. The summed E-state index contributed by atoms with van der Waals surface area (Å²) in [6, 6.07) is -4.57. The second-order valence-corrected chi connectivity index (χ2v) is 14.7. The minimum atomic E-state index is -1.11. The SMILES string of the molecule is CC(C)=C1[C@H]2[C@@H]1CN(C(=O)[C@@H](NC(=O)N[C@H](C(=O)OCC1CC1)C(C)C)C(C)(C)C)[C@@H]2C(=O)NC(CC1CC1)C(=O)C(N)=O. The van der Waals surface area contributed by atoms with Crippen molar-refractivity contribution in [1.29, 1.82) is 0 Å². The highest BCUT2D eigenvalue weighted by Gasteiger charge is 2.62. The first-order valence-corrected chi connectivity index (χ1v) is 15.9. The van der Waals surface area contributed by atoms with Crippen molar-refractivity contribution in [2.45, 2.75) is 105 Å². The summed E-state index contributed by atoms with van der Waals surface area (Å²) in [7, 11) is 0. The Balaban J connectivity index is 1.51. The third-order valence-corrected chi connectivity index (χ3v) is 9.18. The van der Waals surface area contributed by atoms with E-state index in [0.717, 1.165) is 36.8 Å². The first kappa shape index (κ1) is 33.5. The van der Waals surface area contributed by atoms with Crippen LogP contribution in [-0.4, -0.2) is 77.7 Å². The van der Waals surface area contributed by atoms with Crippen LogP contribution in [0.15, 0.2) is 11.1 Å². The highest BCUT2D eigenvalue weighted by molar-refractivity contribution is 6.37. The number of likely N-dealkylation sites (tertiary alicyclic amines) is 1. The van der Waals surface area contributed by atoms with Gasteiger partial charge in [0.1, 0.15) is 18.1 Å². The topological polar surface area (TPSA) is 177 Å². The molecule has 1 heterocycles. The minimum Gasteiger partial charge on any atom is -0.464 e. The molecule has 3 saturated carbocycles. The zero-order valence-corrected chi connectivity index (χ0v) is 27.0. The van der Waals surface area contributed by atoms with E-state index >= 15 is 0 Å². The number of ether oxygens (including phenoxy) is 1. The molecule has 0 bridgehead atoms. The lowest BCUT2D eigenvalue weighted by Gasteiger charge is -2.37. The summed E-state index contributed by atoms with van der Waals surface area (Å²) in [5.41, 5.74) is 6.72. The van der Waals surface area contributed by atoms with Gasteiger partial charge in [-0.05, 0) is 56.3 Å². The number of Topliss-reactive ketones (excluding diaryl/α,β-unsaturated/α-hetero) is 1. The van der Waals surface area contributed by atoms with E-state index in [1.165, 1.54) is 4.90 Å². The van der Waals surface area contributed by atoms with Crippen molar-refractivity contribution < 1.29 is 33.5 Å². The zero-order chi connectivity index (χ0) is 32.7. The zero-order valence-electron chi connectivity index (χ0n) is 27.0. The van der Waals surface area contributed by atoms with E-state index in [-0.39, 0.29) is 30.2 Å². The Morgan fingerprint density at radius 2 is 1.57 bits per heavy atom. The van der Waals surface area contributed by atoms with Gasteiger partial charge in [0.05, 0.1) is 12.6 Å². The number of hydrogen-bond acceptors (Lipinski definition) is 7. The summed E-state index contributed by atoms with van der Waals surface area (Å²) < 4.78 is 5.41. The van der Waals surface area contributed by atoms with Crippen LogP contribution in [-0.2, 0) is 28.7 Å². The van der Waals surface area contributed by atoms with Crippen LogP contribution in [0.4, 0.5) is 4.79 Å². The molecule has 0 aromatic carbocycles. The normalized spacial score (nSPS) is 24.5. The number of primary amides is 1. The van der Waals surface area contributed by atoms with Crippen LogP contribution >= 0.6 is 0 Å². The van der Waals surface area contributed by atoms with Crippen molar-refractivity contribution in [3.8, 4) is 0 Å². The van der Waals surface area contributed by atoms with Crippen molar-refractivity contribution >= 4 is 35.5 Å². The Morgan fingerprint density at radius 1 is 0.955 bits per heavy atom. The Hall–Kier alpha value is -3.44. The number of urea groups is 1. The number of allylic oxidation sites excluding steroid dienone is 1. The molecule has 0 radical (unpaired) electrons. The van der Waals surface area contributed by atoms with Gasteiger partial charge in [0.2, 0.25) is 17.6 Å². The lowest BCUT2D eigenvalue weighted by molar-refractivity contribution is -0.147. The van der Waals surface area contributed by atoms with Gasteiger partial charge in [0.15, 0.2) is 0 Å². The lowest BCUT2D eigenvalue weighted by Crippen LogP contribution is -2.62. The number of ketones is 1. The van der Waals surface area contributed by atoms with Crippen LogP contribution in [0.25, 0.3) is 0 Å². The summed E-state index contributed by atoms with van der Waals surface area (Å²) in [5, 5.41) is 8.22. The summed E-state index contributed by atoms with van der Waals surface area (Å²) in [4.78, 5) is 79.8. The van der Waals surface area contributed by atoms with Gasteiger partial charge in [-0.25, -0.2) is 9.59 Å². The molecule has 5 amide bonds. The molecule has 3 aliphatic carbocycles. The lowest BCUT2D eigenvalue weighted by atomic mass is 9.85. The molecule has 1 aliphatic heterocycles. The quantitative estimate of drug-likeness (QED) is 0.139. The molecule has 4 fully saturated rings. The number of nitrogens with one attached hydrogen (secondary N) is 3. The third-order valence-electron chi connectivity index (χ3n) is 9.18.